The monoisotopic (exact) mass is 410 g/mol. The molecule has 8 heteroatoms. The van der Waals surface area contributed by atoms with Crippen molar-refractivity contribution < 1.29 is 22.3 Å². The lowest BCUT2D eigenvalue weighted by atomic mass is 10.2. The summed E-state index contributed by atoms with van der Waals surface area (Å²) in [5, 5.41) is 2.79. The highest BCUT2D eigenvalue weighted by molar-refractivity contribution is 7.91. The van der Waals surface area contributed by atoms with E-state index in [1.165, 1.54) is 12.1 Å². The summed E-state index contributed by atoms with van der Waals surface area (Å²) in [5.41, 5.74) is 1.27. The second kappa shape index (κ2) is 9.34. The van der Waals surface area contributed by atoms with Crippen LogP contribution in [0.4, 0.5) is 10.2 Å². The summed E-state index contributed by atoms with van der Waals surface area (Å²) in [6.07, 6.45) is 1.87. The summed E-state index contributed by atoms with van der Waals surface area (Å²) in [6.45, 7) is 6.24. The molecule has 2 rings (SSSR count). The van der Waals surface area contributed by atoms with Crippen molar-refractivity contribution in [1.29, 1.82) is 0 Å². The third kappa shape index (κ3) is 4.62. The number of nitrogens with one attached hydrogen (secondary N) is 1. The van der Waals surface area contributed by atoms with Crippen molar-refractivity contribution in [3.8, 4) is 0 Å². The number of amides is 1. The minimum Gasteiger partial charge on any atom is -0.383 e. The first kappa shape index (κ1) is 22.1. The molecule has 6 nitrogen and oxygen atoms in total. The van der Waals surface area contributed by atoms with Crippen LogP contribution < -0.4 is 5.32 Å². The van der Waals surface area contributed by atoms with Gasteiger partial charge in [0.2, 0.25) is 15.7 Å². The molecule has 2 aromatic rings. The van der Waals surface area contributed by atoms with Gasteiger partial charge in [-0.25, -0.2) is 12.8 Å². The Labute approximate surface area is 165 Å². The van der Waals surface area contributed by atoms with Gasteiger partial charge < -0.3 is 14.6 Å². The summed E-state index contributed by atoms with van der Waals surface area (Å²) in [5.74, 6) is -0.524. The Bertz CT molecular complexity index is 934. The fourth-order valence-corrected chi connectivity index (χ4v) is 4.71. The molecule has 0 radical (unpaired) electrons. The van der Waals surface area contributed by atoms with Crippen LogP contribution in [0.25, 0.3) is 0 Å². The molecule has 1 heterocycles. The van der Waals surface area contributed by atoms with Crippen LogP contribution in [0.1, 0.15) is 37.4 Å². The van der Waals surface area contributed by atoms with Gasteiger partial charge in [0.1, 0.15) is 16.5 Å². The predicted molar refractivity (Wildman–Crippen MR) is 106 cm³/mol. The second-order valence-corrected chi connectivity index (χ2v) is 8.53. The van der Waals surface area contributed by atoms with Gasteiger partial charge in [-0.3, -0.25) is 4.79 Å². The maximum absolute atomic E-state index is 13.3. The number of rotatable bonds is 9. The molecule has 1 N–H and O–H groups in total. The number of hydrogen-bond donors (Lipinski definition) is 1. The normalized spacial score (nSPS) is 11.6. The van der Waals surface area contributed by atoms with E-state index in [9.17, 15) is 17.6 Å². The number of carbonyl (C=O) groups is 1. The molecular formula is C20H27FN2O4S. The average molecular weight is 411 g/mol. The van der Waals surface area contributed by atoms with Crippen molar-refractivity contribution in [1.82, 2.24) is 4.57 Å². The zero-order valence-electron chi connectivity index (χ0n) is 16.7. The Kier molecular flexibility index (Phi) is 7.37. The molecule has 0 bridgehead atoms. The molecule has 0 fully saturated rings. The van der Waals surface area contributed by atoms with Gasteiger partial charge in [0.15, 0.2) is 0 Å². The number of halogens is 1. The van der Waals surface area contributed by atoms with E-state index in [1.54, 1.807) is 25.5 Å². The van der Waals surface area contributed by atoms with Crippen LogP contribution in [0.5, 0.6) is 0 Å². The summed E-state index contributed by atoms with van der Waals surface area (Å²) in [6, 6.07) is 4.68. The number of methoxy groups -OCH3 is 1. The van der Waals surface area contributed by atoms with Crippen LogP contribution in [-0.4, -0.2) is 32.6 Å². The Morgan fingerprint density at radius 1 is 1.21 bits per heavy atom. The molecule has 0 unspecified atom stereocenters. The first-order valence-corrected chi connectivity index (χ1v) is 10.7. The number of unbranched alkanes of at least 4 members (excludes halogenated alkanes) is 1. The van der Waals surface area contributed by atoms with Crippen LogP contribution in [0, 0.1) is 19.7 Å². The first-order valence-electron chi connectivity index (χ1n) is 9.23. The molecule has 154 valence electrons. The highest BCUT2D eigenvalue weighted by atomic mass is 32.2. The molecule has 1 amide bonds. The highest BCUT2D eigenvalue weighted by Gasteiger charge is 2.30. The number of aromatic nitrogens is 1. The summed E-state index contributed by atoms with van der Waals surface area (Å²) in [4.78, 5) is 12.4. The number of anilines is 1. The Morgan fingerprint density at radius 2 is 1.86 bits per heavy atom. The lowest BCUT2D eigenvalue weighted by molar-refractivity contribution is -0.116. The van der Waals surface area contributed by atoms with E-state index in [0.29, 0.717) is 31.6 Å². The summed E-state index contributed by atoms with van der Waals surface area (Å²) < 4.78 is 46.8. The zero-order chi connectivity index (χ0) is 20.9. The Morgan fingerprint density at radius 3 is 2.43 bits per heavy atom. The third-order valence-electron chi connectivity index (χ3n) is 4.70. The number of sulfone groups is 1. The van der Waals surface area contributed by atoms with Crippen LogP contribution >= 0.6 is 0 Å². The third-order valence-corrected chi connectivity index (χ3v) is 6.63. The molecule has 0 saturated heterocycles. The molecule has 0 aliphatic heterocycles. The standard InChI is InChI=1S/C20H27FN2O4S/c1-5-6-7-18(24)22-20-19(14(2)15(3)23(20)12-13-27-4)28(25,26)17-10-8-16(21)9-11-17/h8-11H,5-7,12-13H2,1-4H3,(H,22,24). The van der Waals surface area contributed by atoms with E-state index < -0.39 is 15.7 Å². The van der Waals surface area contributed by atoms with E-state index >= 15 is 0 Å². The summed E-state index contributed by atoms with van der Waals surface area (Å²) >= 11 is 0. The van der Waals surface area contributed by atoms with E-state index in [-0.39, 0.29) is 21.5 Å². The maximum atomic E-state index is 13.3. The number of carbonyl (C=O) groups excluding carboxylic acids is 1. The van der Waals surface area contributed by atoms with Gasteiger partial charge in [-0.15, -0.1) is 0 Å². The second-order valence-electron chi connectivity index (χ2n) is 6.64. The Balaban J connectivity index is 2.61. The number of ether oxygens (including phenoxy) is 1. The fraction of sp³-hybridized carbons (Fsp3) is 0.450. The smallest absolute Gasteiger partial charge is 0.225 e. The molecule has 0 aliphatic rings. The van der Waals surface area contributed by atoms with Crippen molar-refractivity contribution in [2.45, 2.75) is 56.4 Å². The van der Waals surface area contributed by atoms with Crippen LogP contribution in [0.3, 0.4) is 0 Å². The van der Waals surface area contributed by atoms with Crippen molar-refractivity contribution in [2.24, 2.45) is 0 Å². The van der Waals surface area contributed by atoms with Gasteiger partial charge in [-0.1, -0.05) is 13.3 Å². The average Bonchev–Trinajstić information content (AvgIpc) is 2.89. The SMILES string of the molecule is CCCCC(=O)Nc1c(S(=O)(=O)c2ccc(F)cc2)c(C)c(C)n1CCOC. The topological polar surface area (TPSA) is 77.4 Å². The molecular weight excluding hydrogens is 383 g/mol. The van der Waals surface area contributed by atoms with Gasteiger partial charge in [-0.05, 0) is 50.1 Å². The van der Waals surface area contributed by atoms with Gasteiger partial charge in [-0.2, -0.15) is 0 Å². The van der Waals surface area contributed by atoms with E-state index in [1.807, 2.05) is 6.92 Å². The van der Waals surface area contributed by atoms with Gasteiger partial charge in [0.25, 0.3) is 0 Å². The maximum Gasteiger partial charge on any atom is 0.225 e. The van der Waals surface area contributed by atoms with Crippen LogP contribution in [-0.2, 0) is 25.9 Å². The molecule has 28 heavy (non-hydrogen) atoms. The van der Waals surface area contributed by atoms with Crippen molar-refractivity contribution in [3.05, 3.63) is 41.3 Å². The molecule has 0 atom stereocenters. The van der Waals surface area contributed by atoms with E-state index in [0.717, 1.165) is 24.2 Å². The number of benzene rings is 1. The van der Waals surface area contributed by atoms with Gasteiger partial charge in [0, 0.05) is 25.8 Å². The Hall–Kier alpha value is -2.19. The number of nitrogens with zero attached hydrogens (tertiary/aromatic N) is 1. The first-order chi connectivity index (χ1) is 13.2. The van der Waals surface area contributed by atoms with Crippen molar-refractivity contribution in [3.63, 3.8) is 0 Å². The zero-order valence-corrected chi connectivity index (χ0v) is 17.5. The largest absolute Gasteiger partial charge is 0.383 e. The summed E-state index contributed by atoms with van der Waals surface area (Å²) in [7, 11) is -2.40. The van der Waals surface area contributed by atoms with Gasteiger partial charge in [0.05, 0.1) is 11.5 Å². The van der Waals surface area contributed by atoms with Crippen molar-refractivity contribution in [2.75, 3.05) is 19.0 Å². The van der Waals surface area contributed by atoms with Crippen LogP contribution in [0.2, 0.25) is 0 Å². The molecule has 1 aromatic heterocycles. The quantitative estimate of drug-likeness (QED) is 0.637. The number of hydrogen-bond acceptors (Lipinski definition) is 4. The molecule has 0 spiro atoms. The van der Waals surface area contributed by atoms with Crippen molar-refractivity contribution >= 4 is 21.6 Å². The fourth-order valence-electron chi connectivity index (χ4n) is 3.01. The highest BCUT2D eigenvalue weighted by Crippen LogP contribution is 2.35. The minimum absolute atomic E-state index is 0.0232. The molecule has 0 aliphatic carbocycles. The van der Waals surface area contributed by atoms with E-state index in [2.05, 4.69) is 5.32 Å². The minimum atomic E-state index is -3.95. The van der Waals surface area contributed by atoms with Gasteiger partial charge >= 0.3 is 0 Å². The predicted octanol–water partition coefficient (Wildman–Crippen LogP) is 3.85. The molecule has 0 saturated carbocycles. The lowest BCUT2D eigenvalue weighted by Gasteiger charge is -2.14. The van der Waals surface area contributed by atoms with E-state index in [4.69, 9.17) is 4.74 Å². The molecule has 1 aromatic carbocycles. The lowest BCUT2D eigenvalue weighted by Crippen LogP contribution is -2.18. The van der Waals surface area contributed by atoms with Crippen LogP contribution in [0.15, 0.2) is 34.1 Å².